The van der Waals surface area contributed by atoms with Gasteiger partial charge in [-0.25, -0.2) is 0 Å². The Balaban J connectivity index is 1.58. The van der Waals surface area contributed by atoms with Crippen LogP contribution >= 0.6 is 0 Å². The zero-order valence-corrected chi connectivity index (χ0v) is 13.4. The molecule has 2 rings (SSSR count). The minimum Gasteiger partial charge on any atom is -0.491 e. The van der Waals surface area contributed by atoms with Crippen LogP contribution in [-0.4, -0.2) is 18.8 Å². The Kier molecular flexibility index (Phi) is 6.31. The summed E-state index contributed by atoms with van der Waals surface area (Å²) >= 11 is 0. The molecule has 2 heteroatoms. The molecule has 0 spiro atoms. The van der Waals surface area contributed by atoms with Crippen molar-refractivity contribution in [3.63, 3.8) is 0 Å². The Morgan fingerprint density at radius 3 is 2.52 bits per heavy atom. The van der Waals surface area contributed by atoms with Crippen molar-refractivity contribution in [2.45, 2.75) is 58.0 Å². The normalized spacial score (nSPS) is 20.9. The lowest BCUT2D eigenvalue weighted by molar-refractivity contribution is 0.202. The molecule has 1 aliphatic heterocycles. The van der Waals surface area contributed by atoms with Crippen LogP contribution in [0.5, 0.6) is 5.75 Å². The lowest BCUT2D eigenvalue weighted by atomic mass is 10.1. The van der Waals surface area contributed by atoms with Crippen molar-refractivity contribution in [1.29, 1.82) is 0 Å². The Hall–Kier alpha value is -1.28. The number of rotatable bonds is 10. The fraction of sp³-hybridized carbons (Fsp3) is 0.579. The molecule has 0 saturated carbocycles. The third-order valence-electron chi connectivity index (χ3n) is 3.93. The standard InChI is InChI=1S/C19H28O2/c1-3-4-5-6-7-8-9-10-17-11-13-18(14-12-17)20-15-19(2)16-21-19/h3-4,11-14H,5-10,15-16H2,1-2H3/b4-3+. The molecule has 1 aromatic rings. The number of benzene rings is 1. The Morgan fingerprint density at radius 2 is 1.86 bits per heavy atom. The monoisotopic (exact) mass is 288 g/mol. The van der Waals surface area contributed by atoms with Gasteiger partial charge in [0.25, 0.3) is 0 Å². The van der Waals surface area contributed by atoms with Crippen molar-refractivity contribution in [1.82, 2.24) is 0 Å². The van der Waals surface area contributed by atoms with Crippen molar-refractivity contribution in [2.24, 2.45) is 0 Å². The van der Waals surface area contributed by atoms with E-state index in [1.165, 1.54) is 44.1 Å². The molecule has 0 aromatic heterocycles. The lowest BCUT2D eigenvalue weighted by Crippen LogP contribution is -2.16. The van der Waals surface area contributed by atoms with Crippen LogP contribution in [0.4, 0.5) is 0 Å². The topological polar surface area (TPSA) is 21.8 Å². The van der Waals surface area contributed by atoms with Gasteiger partial charge in [-0.05, 0) is 57.2 Å². The van der Waals surface area contributed by atoms with Crippen LogP contribution in [0.25, 0.3) is 0 Å². The zero-order valence-electron chi connectivity index (χ0n) is 13.4. The van der Waals surface area contributed by atoms with E-state index >= 15 is 0 Å². The first-order valence-corrected chi connectivity index (χ1v) is 8.19. The second kappa shape index (κ2) is 8.23. The molecule has 2 nitrogen and oxygen atoms in total. The van der Waals surface area contributed by atoms with E-state index in [9.17, 15) is 0 Å². The van der Waals surface area contributed by atoms with Gasteiger partial charge in [0.05, 0.1) is 6.61 Å². The lowest BCUT2D eigenvalue weighted by Gasteiger charge is -2.09. The van der Waals surface area contributed by atoms with Gasteiger partial charge < -0.3 is 9.47 Å². The number of hydrogen-bond donors (Lipinski definition) is 0. The maximum atomic E-state index is 5.74. The SMILES string of the molecule is C/C=C/CCCCCCc1ccc(OCC2(C)CO2)cc1. The molecule has 1 fully saturated rings. The van der Waals surface area contributed by atoms with Gasteiger partial charge in [-0.15, -0.1) is 0 Å². The minimum absolute atomic E-state index is 0.0361. The fourth-order valence-corrected chi connectivity index (χ4v) is 2.31. The van der Waals surface area contributed by atoms with E-state index in [4.69, 9.17) is 9.47 Å². The Morgan fingerprint density at radius 1 is 1.14 bits per heavy atom. The number of unbranched alkanes of at least 4 members (excludes halogenated alkanes) is 4. The molecule has 116 valence electrons. The molecular formula is C19H28O2. The number of allylic oxidation sites excluding steroid dienone is 2. The van der Waals surface area contributed by atoms with E-state index in [-0.39, 0.29) is 5.60 Å². The molecule has 1 atom stereocenters. The largest absolute Gasteiger partial charge is 0.491 e. The average molecular weight is 288 g/mol. The zero-order chi connectivity index (χ0) is 15.0. The third kappa shape index (κ3) is 6.34. The van der Waals surface area contributed by atoms with E-state index in [0.29, 0.717) is 6.61 Å². The maximum absolute atomic E-state index is 5.74. The summed E-state index contributed by atoms with van der Waals surface area (Å²) in [4.78, 5) is 0. The predicted octanol–water partition coefficient (Wildman–Crippen LogP) is 4.92. The molecule has 0 N–H and O–H groups in total. The van der Waals surface area contributed by atoms with Crippen molar-refractivity contribution in [3.05, 3.63) is 42.0 Å². The van der Waals surface area contributed by atoms with Crippen molar-refractivity contribution in [2.75, 3.05) is 13.2 Å². The van der Waals surface area contributed by atoms with Gasteiger partial charge >= 0.3 is 0 Å². The van der Waals surface area contributed by atoms with E-state index in [0.717, 1.165) is 12.4 Å². The van der Waals surface area contributed by atoms with Crippen LogP contribution in [0.3, 0.4) is 0 Å². The summed E-state index contributed by atoms with van der Waals surface area (Å²) in [7, 11) is 0. The van der Waals surface area contributed by atoms with Gasteiger partial charge in [-0.1, -0.05) is 37.1 Å². The van der Waals surface area contributed by atoms with Gasteiger partial charge in [0, 0.05) is 0 Å². The van der Waals surface area contributed by atoms with E-state index in [1.54, 1.807) is 0 Å². The van der Waals surface area contributed by atoms with Crippen molar-refractivity contribution >= 4 is 0 Å². The van der Waals surface area contributed by atoms with Crippen LogP contribution in [0.1, 0.15) is 51.5 Å². The summed E-state index contributed by atoms with van der Waals surface area (Å²) in [6.45, 7) is 5.64. The van der Waals surface area contributed by atoms with Gasteiger partial charge in [0.1, 0.15) is 18.0 Å². The van der Waals surface area contributed by atoms with Gasteiger partial charge in [0.2, 0.25) is 0 Å². The van der Waals surface area contributed by atoms with Gasteiger partial charge in [-0.3, -0.25) is 0 Å². The highest BCUT2D eigenvalue weighted by Gasteiger charge is 2.40. The molecule has 1 aromatic carbocycles. The second-order valence-corrected chi connectivity index (χ2v) is 6.19. The first kappa shape index (κ1) is 16.1. The molecule has 1 heterocycles. The van der Waals surface area contributed by atoms with E-state index in [1.807, 2.05) is 0 Å². The van der Waals surface area contributed by atoms with Crippen molar-refractivity contribution in [3.8, 4) is 5.75 Å². The molecule has 0 amide bonds. The van der Waals surface area contributed by atoms with Crippen LogP contribution in [-0.2, 0) is 11.2 Å². The van der Waals surface area contributed by atoms with E-state index < -0.39 is 0 Å². The van der Waals surface area contributed by atoms with Gasteiger partial charge in [-0.2, -0.15) is 0 Å². The minimum atomic E-state index is -0.0361. The second-order valence-electron chi connectivity index (χ2n) is 6.19. The Labute approximate surface area is 129 Å². The number of ether oxygens (including phenoxy) is 2. The van der Waals surface area contributed by atoms with Crippen LogP contribution in [0.15, 0.2) is 36.4 Å². The highest BCUT2D eigenvalue weighted by molar-refractivity contribution is 5.27. The number of epoxide rings is 1. The van der Waals surface area contributed by atoms with Crippen molar-refractivity contribution < 1.29 is 9.47 Å². The number of aryl methyl sites for hydroxylation is 1. The van der Waals surface area contributed by atoms with Crippen LogP contribution < -0.4 is 4.74 Å². The average Bonchev–Trinajstić information content (AvgIpc) is 3.24. The summed E-state index contributed by atoms with van der Waals surface area (Å²) in [6, 6.07) is 8.52. The van der Waals surface area contributed by atoms with Crippen LogP contribution in [0.2, 0.25) is 0 Å². The summed E-state index contributed by atoms with van der Waals surface area (Å²) in [5.41, 5.74) is 1.37. The quantitative estimate of drug-likeness (QED) is 0.346. The molecule has 0 radical (unpaired) electrons. The molecule has 1 aliphatic rings. The van der Waals surface area contributed by atoms with Crippen LogP contribution in [0, 0.1) is 0 Å². The first-order valence-electron chi connectivity index (χ1n) is 8.19. The highest BCUT2D eigenvalue weighted by atomic mass is 16.6. The molecule has 0 aliphatic carbocycles. The highest BCUT2D eigenvalue weighted by Crippen LogP contribution is 2.27. The number of hydrogen-bond acceptors (Lipinski definition) is 2. The maximum Gasteiger partial charge on any atom is 0.123 e. The molecule has 1 unspecified atom stereocenters. The molecule has 21 heavy (non-hydrogen) atoms. The van der Waals surface area contributed by atoms with E-state index in [2.05, 4.69) is 50.3 Å². The van der Waals surface area contributed by atoms with Gasteiger partial charge in [0.15, 0.2) is 0 Å². The molecule has 1 saturated heterocycles. The summed E-state index contributed by atoms with van der Waals surface area (Å²) in [5, 5.41) is 0. The summed E-state index contributed by atoms with van der Waals surface area (Å²) in [5.74, 6) is 0.946. The third-order valence-corrected chi connectivity index (χ3v) is 3.93. The summed E-state index contributed by atoms with van der Waals surface area (Å²) < 4.78 is 11.0. The Bertz CT molecular complexity index is 429. The predicted molar refractivity (Wildman–Crippen MR) is 87.9 cm³/mol. The molecule has 0 bridgehead atoms. The fourth-order valence-electron chi connectivity index (χ4n) is 2.31. The smallest absolute Gasteiger partial charge is 0.123 e. The summed E-state index contributed by atoms with van der Waals surface area (Å²) in [6.07, 6.45) is 12.1. The molecular weight excluding hydrogens is 260 g/mol. The first-order chi connectivity index (χ1) is 10.2.